The summed E-state index contributed by atoms with van der Waals surface area (Å²) in [7, 11) is 0. The van der Waals surface area contributed by atoms with E-state index in [0.717, 1.165) is 60.9 Å². The Labute approximate surface area is 287 Å². The lowest BCUT2D eigenvalue weighted by Crippen LogP contribution is -2.58. The third-order valence-electron chi connectivity index (χ3n) is 10.2. The number of hydroxylamine groups is 1. The van der Waals surface area contributed by atoms with Gasteiger partial charge in [-0.15, -0.1) is 16.4 Å². The number of carbonyl (C=O) groups is 3. The van der Waals surface area contributed by atoms with E-state index in [0.29, 0.717) is 41.6 Å². The van der Waals surface area contributed by atoms with Crippen molar-refractivity contribution in [1.82, 2.24) is 24.8 Å². The van der Waals surface area contributed by atoms with Crippen LogP contribution in [-0.4, -0.2) is 69.6 Å². The lowest BCUT2D eigenvalue weighted by Gasteiger charge is -2.49. The predicted octanol–water partition coefficient (Wildman–Crippen LogP) is 5.03. The van der Waals surface area contributed by atoms with Crippen LogP contribution in [0.25, 0.3) is 11.1 Å². The molecule has 50 heavy (non-hydrogen) atoms. The Morgan fingerprint density at radius 3 is 2.46 bits per heavy atom. The lowest BCUT2D eigenvalue weighted by atomic mass is 9.73. The quantitative estimate of drug-likeness (QED) is 0.219. The fourth-order valence-electron chi connectivity index (χ4n) is 7.37. The number of benzene rings is 2. The number of thiazole rings is 1. The fourth-order valence-corrected chi connectivity index (χ4v) is 7.96. The number of hydrogen-bond donors (Lipinski definition) is 1. The molecule has 1 N–H and O–H groups in total. The van der Waals surface area contributed by atoms with E-state index in [4.69, 9.17) is 0 Å². The Morgan fingerprint density at radius 2 is 1.80 bits per heavy atom. The normalized spacial score (nSPS) is 18.5. The average Bonchev–Trinajstić information content (AvgIpc) is 3.90. The van der Waals surface area contributed by atoms with Gasteiger partial charge >= 0.3 is 12.1 Å². The second kappa shape index (κ2) is 12.2. The second-order valence-electron chi connectivity index (χ2n) is 13.2. The fraction of sp³-hybridized carbons (Fsp3) is 0.382. The van der Waals surface area contributed by atoms with E-state index in [9.17, 15) is 27.6 Å². The highest BCUT2D eigenvalue weighted by molar-refractivity contribution is 7.13. The summed E-state index contributed by atoms with van der Waals surface area (Å²) in [6, 6.07) is 8.96. The van der Waals surface area contributed by atoms with Crippen LogP contribution < -0.4 is 15.3 Å². The van der Waals surface area contributed by atoms with Gasteiger partial charge in [0.05, 0.1) is 18.6 Å². The van der Waals surface area contributed by atoms with Crippen LogP contribution in [0.3, 0.4) is 0 Å². The summed E-state index contributed by atoms with van der Waals surface area (Å²) in [4.78, 5) is 56.7. The number of halogens is 4. The van der Waals surface area contributed by atoms with Crippen molar-refractivity contribution in [3.63, 3.8) is 0 Å². The number of piperidine rings is 1. The standard InChI is InChI=1S/C34H31F4N7O4S/c35-25-15-21(20-3-5-22(6-4-20)42-11-7-33(8-12-42)17-39-18-33)14-23-24(25)16-44(29(23)46)28(27-26-2-1-10-43(26)19-41-27)30(47)45(32-40-9-13-50-32)49-31(48)34(36,37)38/h3-6,9,13-15,19,28,39H,1-2,7-8,10-12,16-18H2. The average molecular weight is 710 g/mol. The maximum atomic E-state index is 15.9. The smallest absolute Gasteiger partial charge is 0.371 e. The number of fused-ring (bicyclic) bond motifs is 2. The Morgan fingerprint density at radius 1 is 1.04 bits per heavy atom. The molecule has 4 aliphatic heterocycles. The summed E-state index contributed by atoms with van der Waals surface area (Å²) in [6.45, 7) is 4.25. The molecular formula is C34H31F4N7O4S. The van der Waals surface area contributed by atoms with Crippen LogP contribution in [0.15, 0.2) is 54.3 Å². The SMILES string of the molecule is O=C(C(c1ncn2c1CCC2)N1Cc2c(F)cc(-c3ccc(N4CCC5(CC4)CNC5)cc3)cc2C1=O)N(OC(=O)C(F)(F)F)c1nccs1. The maximum Gasteiger partial charge on any atom is 0.493 e. The first kappa shape index (κ1) is 32.4. The number of amides is 2. The Bertz CT molecular complexity index is 1970. The highest BCUT2D eigenvalue weighted by atomic mass is 32.1. The van der Waals surface area contributed by atoms with Gasteiger partial charge in [-0.1, -0.05) is 12.1 Å². The maximum absolute atomic E-state index is 15.9. The van der Waals surface area contributed by atoms with Crippen molar-refractivity contribution in [2.24, 2.45) is 5.41 Å². The third kappa shape index (κ3) is 5.59. The Hall–Kier alpha value is -4.83. The Kier molecular flexibility index (Phi) is 7.90. The molecule has 2 amide bonds. The molecule has 2 fully saturated rings. The van der Waals surface area contributed by atoms with Crippen molar-refractivity contribution < 1.29 is 36.8 Å². The van der Waals surface area contributed by atoms with E-state index in [-0.39, 0.29) is 33.6 Å². The topological polar surface area (TPSA) is 113 Å². The zero-order chi connectivity index (χ0) is 34.8. The van der Waals surface area contributed by atoms with Gasteiger partial charge in [0.2, 0.25) is 5.13 Å². The van der Waals surface area contributed by atoms with Gasteiger partial charge in [0, 0.05) is 66.8 Å². The third-order valence-corrected chi connectivity index (χ3v) is 10.9. The van der Waals surface area contributed by atoms with E-state index in [2.05, 4.69) is 25.0 Å². The molecule has 2 aromatic heterocycles. The van der Waals surface area contributed by atoms with Crippen molar-refractivity contribution in [3.05, 3.63) is 82.6 Å². The van der Waals surface area contributed by atoms with Crippen molar-refractivity contribution in [1.29, 1.82) is 0 Å². The van der Waals surface area contributed by atoms with Crippen molar-refractivity contribution >= 4 is 39.9 Å². The van der Waals surface area contributed by atoms with E-state index < -0.39 is 35.8 Å². The van der Waals surface area contributed by atoms with Crippen molar-refractivity contribution in [2.45, 2.75) is 51.0 Å². The van der Waals surface area contributed by atoms with Crippen LogP contribution >= 0.6 is 11.3 Å². The first-order valence-electron chi connectivity index (χ1n) is 16.3. The van der Waals surface area contributed by atoms with Gasteiger partial charge in [0.25, 0.3) is 11.8 Å². The molecule has 1 spiro atoms. The summed E-state index contributed by atoms with van der Waals surface area (Å²) in [5, 5.41) is 4.55. The van der Waals surface area contributed by atoms with Gasteiger partial charge in [-0.25, -0.2) is 19.2 Å². The number of imidazole rings is 1. The van der Waals surface area contributed by atoms with Crippen LogP contribution in [0.2, 0.25) is 0 Å². The van der Waals surface area contributed by atoms with Crippen LogP contribution in [-0.2, 0) is 33.9 Å². The number of carbonyl (C=O) groups excluding carboxylic acids is 3. The van der Waals surface area contributed by atoms with Crippen molar-refractivity contribution in [3.8, 4) is 11.1 Å². The van der Waals surface area contributed by atoms with E-state index >= 15 is 4.39 Å². The molecule has 0 radical (unpaired) electrons. The van der Waals surface area contributed by atoms with Crippen LogP contribution in [0.5, 0.6) is 0 Å². The Balaban J connectivity index is 1.10. The molecule has 6 heterocycles. The summed E-state index contributed by atoms with van der Waals surface area (Å²) < 4.78 is 57.7. The first-order chi connectivity index (χ1) is 24.0. The minimum Gasteiger partial charge on any atom is -0.371 e. The van der Waals surface area contributed by atoms with Crippen LogP contribution in [0, 0.1) is 11.2 Å². The molecular weight excluding hydrogens is 678 g/mol. The summed E-state index contributed by atoms with van der Waals surface area (Å²) in [5.74, 6) is -5.24. The van der Waals surface area contributed by atoms with E-state index in [1.54, 1.807) is 10.6 Å². The monoisotopic (exact) mass is 709 g/mol. The molecule has 16 heteroatoms. The molecule has 4 aliphatic rings. The number of aromatic nitrogens is 3. The summed E-state index contributed by atoms with van der Waals surface area (Å²) in [6.07, 6.45) is 0.713. The summed E-state index contributed by atoms with van der Waals surface area (Å²) >= 11 is 0.753. The van der Waals surface area contributed by atoms with Crippen LogP contribution in [0.1, 0.15) is 52.6 Å². The number of hydrogen-bond acceptors (Lipinski definition) is 9. The molecule has 0 saturated carbocycles. The van der Waals surface area contributed by atoms with Gasteiger partial charge in [-0.3, -0.25) is 9.59 Å². The summed E-state index contributed by atoms with van der Waals surface area (Å²) in [5.41, 5.74) is 3.36. The molecule has 11 nitrogen and oxygen atoms in total. The zero-order valence-electron chi connectivity index (χ0n) is 26.6. The number of aryl methyl sites for hydroxylation is 1. The molecule has 0 bridgehead atoms. The van der Waals surface area contributed by atoms with Crippen LogP contribution in [0.4, 0.5) is 28.4 Å². The minimum atomic E-state index is -5.43. The minimum absolute atomic E-state index is 0.0150. The first-order valence-corrected chi connectivity index (χ1v) is 17.2. The highest BCUT2D eigenvalue weighted by Crippen LogP contribution is 2.40. The van der Waals surface area contributed by atoms with E-state index in [1.165, 1.54) is 24.0 Å². The van der Waals surface area contributed by atoms with Gasteiger partial charge < -0.3 is 24.5 Å². The molecule has 260 valence electrons. The van der Waals surface area contributed by atoms with Gasteiger partial charge in [-0.2, -0.15) is 13.2 Å². The lowest BCUT2D eigenvalue weighted by molar-refractivity contribution is -0.202. The highest BCUT2D eigenvalue weighted by Gasteiger charge is 2.48. The molecule has 1 atom stereocenters. The van der Waals surface area contributed by atoms with E-state index in [1.807, 2.05) is 24.3 Å². The molecule has 8 rings (SSSR count). The van der Waals surface area contributed by atoms with Crippen molar-refractivity contribution in [2.75, 3.05) is 36.1 Å². The molecule has 0 aliphatic carbocycles. The number of anilines is 2. The predicted molar refractivity (Wildman–Crippen MR) is 173 cm³/mol. The largest absolute Gasteiger partial charge is 0.493 e. The number of nitrogens with zero attached hydrogens (tertiary/aromatic N) is 6. The van der Waals surface area contributed by atoms with Gasteiger partial charge in [0.15, 0.2) is 6.04 Å². The second-order valence-corrected chi connectivity index (χ2v) is 14.0. The molecule has 2 aromatic carbocycles. The number of nitrogens with one attached hydrogen (secondary N) is 1. The molecule has 1 unspecified atom stereocenters. The zero-order valence-corrected chi connectivity index (χ0v) is 27.4. The molecule has 2 saturated heterocycles. The number of alkyl halides is 3. The van der Waals surface area contributed by atoms with Gasteiger partial charge in [0.1, 0.15) is 5.82 Å². The number of rotatable bonds is 6. The molecule has 4 aromatic rings. The van der Waals surface area contributed by atoms with Gasteiger partial charge in [-0.05, 0) is 66.5 Å².